The minimum absolute atomic E-state index is 0.713. The van der Waals surface area contributed by atoms with Crippen molar-refractivity contribution < 1.29 is 0 Å². The van der Waals surface area contributed by atoms with Crippen molar-refractivity contribution in [3.63, 3.8) is 0 Å². The van der Waals surface area contributed by atoms with Crippen LogP contribution in [0, 0.1) is 12.8 Å². The molecule has 2 aromatic carbocycles. The van der Waals surface area contributed by atoms with Crippen LogP contribution in [0.5, 0.6) is 0 Å². The molecule has 0 saturated heterocycles. The Balaban J connectivity index is 1.95. The summed E-state index contributed by atoms with van der Waals surface area (Å²) in [6.07, 6.45) is 1.15. The van der Waals surface area contributed by atoms with Gasteiger partial charge in [-0.3, -0.25) is 0 Å². The van der Waals surface area contributed by atoms with Crippen molar-refractivity contribution >= 4 is 21.6 Å². The summed E-state index contributed by atoms with van der Waals surface area (Å²) in [7, 11) is 0. The van der Waals surface area contributed by atoms with Crippen LogP contribution in [0.2, 0.25) is 0 Å². The van der Waals surface area contributed by atoms with Gasteiger partial charge in [-0.15, -0.1) is 0 Å². The molecule has 0 atom stereocenters. The summed E-state index contributed by atoms with van der Waals surface area (Å²) in [5, 5.41) is 3.47. The molecule has 1 nitrogen and oxygen atoms in total. The van der Waals surface area contributed by atoms with E-state index in [-0.39, 0.29) is 0 Å². The molecule has 106 valence electrons. The topological polar surface area (TPSA) is 12.0 Å². The standard InChI is InChI=1S/C18H22BrN/c1-13(2)10-15-4-6-16(7-5-15)12-20-17-8-9-18(19)14(3)11-17/h4-9,11,13,20H,10,12H2,1-3H3. The molecular formula is C18H22BrN. The van der Waals surface area contributed by atoms with Gasteiger partial charge in [-0.2, -0.15) is 0 Å². The molecule has 1 N–H and O–H groups in total. The molecule has 0 spiro atoms. The second-order valence-electron chi connectivity index (χ2n) is 5.73. The molecule has 20 heavy (non-hydrogen) atoms. The molecule has 2 rings (SSSR count). The van der Waals surface area contributed by atoms with Crippen molar-refractivity contribution in [3.05, 3.63) is 63.6 Å². The van der Waals surface area contributed by atoms with Crippen molar-refractivity contribution in [1.29, 1.82) is 0 Å². The van der Waals surface area contributed by atoms with E-state index in [0.29, 0.717) is 5.92 Å². The minimum atomic E-state index is 0.713. The van der Waals surface area contributed by atoms with Gasteiger partial charge in [-0.25, -0.2) is 0 Å². The van der Waals surface area contributed by atoms with Gasteiger partial charge in [-0.05, 0) is 54.2 Å². The van der Waals surface area contributed by atoms with E-state index >= 15 is 0 Å². The van der Waals surface area contributed by atoms with Gasteiger partial charge in [0.05, 0.1) is 0 Å². The number of aryl methyl sites for hydroxylation is 1. The van der Waals surface area contributed by atoms with Crippen molar-refractivity contribution in [3.8, 4) is 0 Å². The number of hydrogen-bond acceptors (Lipinski definition) is 1. The molecule has 2 heteroatoms. The molecule has 0 radical (unpaired) electrons. The molecule has 0 aliphatic carbocycles. The summed E-state index contributed by atoms with van der Waals surface area (Å²) in [6.45, 7) is 7.48. The number of nitrogens with one attached hydrogen (secondary N) is 1. The molecule has 0 aliphatic heterocycles. The second kappa shape index (κ2) is 6.94. The Bertz CT molecular complexity index is 558. The van der Waals surface area contributed by atoms with Gasteiger partial charge in [0.1, 0.15) is 0 Å². The monoisotopic (exact) mass is 331 g/mol. The quantitative estimate of drug-likeness (QED) is 0.755. The van der Waals surface area contributed by atoms with E-state index < -0.39 is 0 Å². The lowest BCUT2D eigenvalue weighted by Gasteiger charge is -2.10. The smallest absolute Gasteiger partial charge is 0.0400 e. The molecule has 2 aromatic rings. The highest BCUT2D eigenvalue weighted by molar-refractivity contribution is 9.10. The van der Waals surface area contributed by atoms with Gasteiger partial charge >= 0.3 is 0 Å². The van der Waals surface area contributed by atoms with Crippen LogP contribution in [0.3, 0.4) is 0 Å². The van der Waals surface area contributed by atoms with E-state index in [9.17, 15) is 0 Å². The first-order valence-corrected chi connectivity index (χ1v) is 7.91. The van der Waals surface area contributed by atoms with Crippen molar-refractivity contribution in [1.82, 2.24) is 0 Å². The van der Waals surface area contributed by atoms with Crippen LogP contribution < -0.4 is 5.32 Å². The maximum atomic E-state index is 3.53. The number of halogens is 1. The summed E-state index contributed by atoms with van der Waals surface area (Å²) in [4.78, 5) is 0. The zero-order chi connectivity index (χ0) is 14.5. The Hall–Kier alpha value is -1.28. The van der Waals surface area contributed by atoms with E-state index in [1.54, 1.807) is 0 Å². The highest BCUT2D eigenvalue weighted by atomic mass is 79.9. The minimum Gasteiger partial charge on any atom is -0.381 e. The summed E-state index contributed by atoms with van der Waals surface area (Å²) >= 11 is 3.53. The van der Waals surface area contributed by atoms with Gasteiger partial charge in [-0.1, -0.05) is 54.0 Å². The number of hydrogen-bond donors (Lipinski definition) is 1. The van der Waals surface area contributed by atoms with E-state index in [4.69, 9.17) is 0 Å². The largest absolute Gasteiger partial charge is 0.381 e. The van der Waals surface area contributed by atoms with E-state index in [0.717, 1.165) is 23.1 Å². The number of anilines is 1. The summed E-state index contributed by atoms with van der Waals surface area (Å²) < 4.78 is 1.15. The van der Waals surface area contributed by atoms with Gasteiger partial charge < -0.3 is 5.32 Å². The normalized spacial score (nSPS) is 10.8. The van der Waals surface area contributed by atoms with Gasteiger partial charge in [0.2, 0.25) is 0 Å². The fourth-order valence-corrected chi connectivity index (χ4v) is 2.47. The Labute approximate surface area is 130 Å². The lowest BCUT2D eigenvalue weighted by molar-refractivity contribution is 0.647. The summed E-state index contributed by atoms with van der Waals surface area (Å²) in [5.41, 5.74) is 5.15. The Morgan fingerprint density at radius 1 is 1.00 bits per heavy atom. The molecule has 0 unspecified atom stereocenters. The van der Waals surface area contributed by atoms with Crippen LogP contribution in [0.15, 0.2) is 46.9 Å². The van der Waals surface area contributed by atoms with Gasteiger partial charge in [0.15, 0.2) is 0 Å². The summed E-state index contributed by atoms with van der Waals surface area (Å²) in [5.74, 6) is 0.713. The lowest BCUT2D eigenvalue weighted by Crippen LogP contribution is -2.00. The van der Waals surface area contributed by atoms with Crippen molar-refractivity contribution in [2.45, 2.75) is 33.7 Å². The van der Waals surface area contributed by atoms with Crippen LogP contribution in [0.4, 0.5) is 5.69 Å². The van der Waals surface area contributed by atoms with Crippen molar-refractivity contribution in [2.75, 3.05) is 5.32 Å². The highest BCUT2D eigenvalue weighted by Crippen LogP contribution is 2.20. The zero-order valence-electron chi connectivity index (χ0n) is 12.4. The predicted octanol–water partition coefficient (Wildman–Crippen LogP) is 5.57. The maximum Gasteiger partial charge on any atom is 0.0400 e. The lowest BCUT2D eigenvalue weighted by atomic mass is 10.0. The van der Waals surface area contributed by atoms with Gasteiger partial charge in [0, 0.05) is 16.7 Å². The third-order valence-corrected chi connectivity index (χ3v) is 4.21. The van der Waals surface area contributed by atoms with Crippen LogP contribution in [0.25, 0.3) is 0 Å². The first-order valence-electron chi connectivity index (χ1n) is 7.12. The molecule has 0 saturated carbocycles. The predicted molar refractivity (Wildman–Crippen MR) is 91.2 cm³/mol. The zero-order valence-corrected chi connectivity index (χ0v) is 14.0. The average Bonchev–Trinajstić information content (AvgIpc) is 2.41. The third-order valence-electron chi connectivity index (χ3n) is 3.32. The summed E-state index contributed by atoms with van der Waals surface area (Å²) in [6, 6.07) is 15.3. The van der Waals surface area contributed by atoms with E-state index in [1.807, 2.05) is 0 Å². The fraction of sp³-hybridized carbons (Fsp3) is 0.333. The Kier molecular flexibility index (Phi) is 5.24. The molecular weight excluding hydrogens is 310 g/mol. The number of rotatable bonds is 5. The second-order valence-corrected chi connectivity index (χ2v) is 6.59. The Morgan fingerprint density at radius 2 is 1.65 bits per heavy atom. The van der Waals surface area contributed by atoms with Crippen LogP contribution in [0.1, 0.15) is 30.5 Å². The SMILES string of the molecule is Cc1cc(NCc2ccc(CC(C)C)cc2)ccc1Br. The van der Waals surface area contributed by atoms with Gasteiger partial charge in [0.25, 0.3) is 0 Å². The highest BCUT2D eigenvalue weighted by Gasteiger charge is 2.00. The molecule has 0 bridgehead atoms. The molecule has 0 amide bonds. The van der Waals surface area contributed by atoms with Crippen molar-refractivity contribution in [2.24, 2.45) is 5.92 Å². The first kappa shape index (κ1) is 15.1. The van der Waals surface area contributed by atoms with Crippen LogP contribution in [-0.2, 0) is 13.0 Å². The van der Waals surface area contributed by atoms with Crippen LogP contribution in [-0.4, -0.2) is 0 Å². The molecule has 0 aliphatic rings. The maximum absolute atomic E-state index is 3.53. The Morgan fingerprint density at radius 3 is 2.25 bits per heavy atom. The molecule has 0 fully saturated rings. The fourth-order valence-electron chi connectivity index (χ4n) is 2.22. The number of benzene rings is 2. The third kappa shape index (κ3) is 4.38. The average molecular weight is 332 g/mol. The van der Waals surface area contributed by atoms with E-state index in [2.05, 4.69) is 84.5 Å². The first-order chi connectivity index (χ1) is 9.54. The molecule has 0 aromatic heterocycles. The molecule has 0 heterocycles. The van der Waals surface area contributed by atoms with Crippen LogP contribution >= 0.6 is 15.9 Å². The van der Waals surface area contributed by atoms with E-state index in [1.165, 1.54) is 16.7 Å².